The Hall–Kier alpha value is -2.50. The second kappa shape index (κ2) is 8.37. The number of nitrogens with zero attached hydrogens (tertiary/aromatic N) is 4. The molecule has 2 saturated heterocycles. The zero-order valence-corrected chi connectivity index (χ0v) is 19.2. The first-order chi connectivity index (χ1) is 15.7. The van der Waals surface area contributed by atoms with Crippen molar-refractivity contribution >= 4 is 26.7 Å². The molecule has 0 aliphatic carbocycles. The van der Waals surface area contributed by atoms with E-state index in [2.05, 4.69) is 14.3 Å². The van der Waals surface area contributed by atoms with Crippen LogP contribution in [-0.4, -0.2) is 48.3 Å². The van der Waals surface area contributed by atoms with Crippen molar-refractivity contribution in [2.75, 3.05) is 31.1 Å². The van der Waals surface area contributed by atoms with Gasteiger partial charge in [0, 0.05) is 49.5 Å². The lowest BCUT2D eigenvalue weighted by molar-refractivity contribution is 0.114. The van der Waals surface area contributed by atoms with Crippen LogP contribution in [-0.2, 0) is 16.4 Å². The lowest BCUT2D eigenvalue weighted by Gasteiger charge is -2.53. The number of sulfonamides is 1. The van der Waals surface area contributed by atoms with Gasteiger partial charge in [-0.1, -0.05) is 12.1 Å². The molecule has 2 aliphatic rings. The summed E-state index contributed by atoms with van der Waals surface area (Å²) in [5.41, 5.74) is 0.916. The maximum atomic E-state index is 14.0. The Morgan fingerprint density at radius 1 is 0.970 bits per heavy atom. The first-order valence-electron chi connectivity index (χ1n) is 10.5. The van der Waals surface area contributed by atoms with Gasteiger partial charge in [-0.15, -0.1) is 0 Å². The Morgan fingerprint density at radius 3 is 2.33 bits per heavy atom. The molecule has 3 heterocycles. The van der Waals surface area contributed by atoms with E-state index in [1.165, 1.54) is 28.0 Å². The Balaban J connectivity index is 1.19. The number of piperidine rings is 1. The maximum absolute atomic E-state index is 14.0. The molecular formula is C22H21F3N4O2S2. The molecule has 5 rings (SSSR count). The van der Waals surface area contributed by atoms with Gasteiger partial charge in [-0.2, -0.15) is 8.68 Å². The van der Waals surface area contributed by atoms with E-state index >= 15 is 0 Å². The van der Waals surface area contributed by atoms with Crippen molar-refractivity contribution in [3.05, 3.63) is 71.3 Å². The summed E-state index contributed by atoms with van der Waals surface area (Å²) < 4.78 is 71.9. The van der Waals surface area contributed by atoms with Crippen LogP contribution in [0.5, 0.6) is 0 Å². The second-order valence-electron chi connectivity index (χ2n) is 8.63. The van der Waals surface area contributed by atoms with E-state index in [0.29, 0.717) is 25.1 Å². The summed E-state index contributed by atoms with van der Waals surface area (Å²) in [5.74, 6) is -1.33. The van der Waals surface area contributed by atoms with Crippen LogP contribution in [0.15, 0.2) is 47.4 Å². The third-order valence-corrected chi connectivity index (χ3v) is 9.08. The van der Waals surface area contributed by atoms with Crippen LogP contribution < -0.4 is 4.90 Å². The van der Waals surface area contributed by atoms with Gasteiger partial charge in [-0.05, 0) is 48.7 Å². The van der Waals surface area contributed by atoms with Crippen LogP contribution in [0.2, 0.25) is 0 Å². The molecule has 0 N–H and O–H groups in total. The Bertz CT molecular complexity index is 1270. The van der Waals surface area contributed by atoms with Gasteiger partial charge in [0.15, 0.2) is 0 Å². The number of rotatable bonds is 5. The zero-order chi connectivity index (χ0) is 23.2. The van der Waals surface area contributed by atoms with Crippen LogP contribution in [0.4, 0.5) is 18.3 Å². The van der Waals surface area contributed by atoms with Crippen molar-refractivity contribution in [2.24, 2.45) is 5.41 Å². The highest BCUT2D eigenvalue weighted by Crippen LogP contribution is 2.44. The Kier molecular flexibility index (Phi) is 5.66. The molecule has 2 aliphatic heterocycles. The van der Waals surface area contributed by atoms with Crippen molar-refractivity contribution in [3.63, 3.8) is 0 Å². The fraction of sp³-hybridized carbons (Fsp3) is 0.364. The lowest BCUT2D eigenvalue weighted by atomic mass is 9.73. The number of benzene rings is 2. The number of aromatic nitrogens is 2. The van der Waals surface area contributed by atoms with Gasteiger partial charge in [-0.3, -0.25) is 0 Å². The summed E-state index contributed by atoms with van der Waals surface area (Å²) in [7, 11) is -4.08. The highest BCUT2D eigenvalue weighted by atomic mass is 32.2. The van der Waals surface area contributed by atoms with Crippen LogP contribution in [0.3, 0.4) is 0 Å². The summed E-state index contributed by atoms with van der Waals surface area (Å²) in [5, 5.41) is 0.814. The first kappa shape index (κ1) is 22.3. The van der Waals surface area contributed by atoms with Crippen molar-refractivity contribution < 1.29 is 21.6 Å². The molecule has 0 bridgehead atoms. The van der Waals surface area contributed by atoms with Crippen LogP contribution in [0.25, 0.3) is 0 Å². The highest BCUT2D eigenvalue weighted by Gasteiger charge is 2.47. The molecule has 0 saturated carbocycles. The van der Waals surface area contributed by atoms with Gasteiger partial charge in [0.25, 0.3) is 0 Å². The largest absolute Gasteiger partial charge is 0.346 e. The molecule has 0 unspecified atom stereocenters. The molecule has 1 spiro atoms. The minimum Gasteiger partial charge on any atom is -0.346 e. The molecule has 1 aromatic heterocycles. The second-order valence-corrected chi connectivity index (χ2v) is 11.3. The number of anilines is 1. The summed E-state index contributed by atoms with van der Waals surface area (Å²) in [6, 6.07) is 8.73. The van der Waals surface area contributed by atoms with Crippen molar-refractivity contribution in [1.29, 1.82) is 0 Å². The number of hydrogen-bond donors (Lipinski definition) is 0. The zero-order valence-electron chi connectivity index (χ0n) is 17.5. The predicted molar refractivity (Wildman–Crippen MR) is 118 cm³/mol. The monoisotopic (exact) mass is 494 g/mol. The van der Waals surface area contributed by atoms with Crippen LogP contribution in [0, 0.1) is 22.9 Å². The first-order valence-corrected chi connectivity index (χ1v) is 12.7. The molecule has 0 amide bonds. The van der Waals surface area contributed by atoms with Gasteiger partial charge >= 0.3 is 0 Å². The van der Waals surface area contributed by atoms with E-state index in [4.69, 9.17) is 0 Å². The van der Waals surface area contributed by atoms with E-state index < -0.39 is 26.6 Å². The lowest BCUT2D eigenvalue weighted by Crippen LogP contribution is -2.61. The smallest absolute Gasteiger partial charge is 0.246 e. The minimum absolute atomic E-state index is 0.0186. The van der Waals surface area contributed by atoms with Gasteiger partial charge in [0.05, 0.1) is 0 Å². The summed E-state index contributed by atoms with van der Waals surface area (Å²) in [6.45, 7) is 2.02. The molecule has 2 fully saturated rings. The van der Waals surface area contributed by atoms with Gasteiger partial charge in [-0.25, -0.2) is 26.6 Å². The third kappa shape index (κ3) is 4.36. The predicted octanol–water partition coefficient (Wildman–Crippen LogP) is 3.84. The SMILES string of the molecule is O=S(=O)(c1cc(F)ccc1F)N1CCC2(CC1)CN(c1nc(Cc3ccc(F)cc3)ns1)C2. The molecule has 0 radical (unpaired) electrons. The molecule has 174 valence electrons. The van der Waals surface area contributed by atoms with Crippen LogP contribution in [0.1, 0.15) is 24.2 Å². The molecule has 0 atom stereocenters. The van der Waals surface area contributed by atoms with Gasteiger partial charge < -0.3 is 4.90 Å². The normalized spacial score (nSPS) is 18.5. The van der Waals surface area contributed by atoms with Crippen molar-refractivity contribution in [2.45, 2.75) is 24.2 Å². The quantitative estimate of drug-likeness (QED) is 0.539. The van der Waals surface area contributed by atoms with E-state index in [1.807, 2.05) is 0 Å². The fourth-order valence-corrected chi connectivity index (χ4v) is 6.66. The molecule has 11 heteroatoms. The van der Waals surface area contributed by atoms with E-state index in [-0.39, 0.29) is 24.3 Å². The van der Waals surface area contributed by atoms with E-state index in [9.17, 15) is 21.6 Å². The highest BCUT2D eigenvalue weighted by molar-refractivity contribution is 7.89. The van der Waals surface area contributed by atoms with E-state index in [1.54, 1.807) is 12.1 Å². The summed E-state index contributed by atoms with van der Waals surface area (Å²) in [4.78, 5) is 6.11. The summed E-state index contributed by atoms with van der Waals surface area (Å²) >= 11 is 1.32. The van der Waals surface area contributed by atoms with Gasteiger partial charge in [0.1, 0.15) is 28.2 Å². The topological polar surface area (TPSA) is 66.4 Å². The number of hydrogen-bond acceptors (Lipinski definition) is 6. The molecule has 3 aromatic rings. The minimum atomic E-state index is -4.08. The average molecular weight is 495 g/mol. The molecule has 2 aromatic carbocycles. The standard InChI is InChI=1S/C22H21F3N4O2S2/c23-16-3-1-15(2-4-16)11-20-26-21(32-27-20)28-13-22(14-28)7-9-29(10-8-22)33(30,31)19-12-17(24)5-6-18(19)25/h1-6,12H,7-11,13-14H2. The molecular weight excluding hydrogens is 473 g/mol. The summed E-state index contributed by atoms with van der Waals surface area (Å²) in [6.07, 6.45) is 1.81. The Morgan fingerprint density at radius 2 is 1.64 bits per heavy atom. The van der Waals surface area contributed by atoms with Gasteiger partial charge in [0.2, 0.25) is 15.2 Å². The molecule has 6 nitrogen and oxygen atoms in total. The fourth-order valence-electron chi connectivity index (χ4n) is 4.46. The third-order valence-electron chi connectivity index (χ3n) is 6.35. The maximum Gasteiger partial charge on any atom is 0.246 e. The van der Waals surface area contributed by atoms with E-state index in [0.717, 1.165) is 42.0 Å². The van der Waals surface area contributed by atoms with Crippen molar-refractivity contribution in [1.82, 2.24) is 13.7 Å². The van der Waals surface area contributed by atoms with Crippen LogP contribution >= 0.6 is 11.5 Å². The molecule has 33 heavy (non-hydrogen) atoms. The average Bonchev–Trinajstić information content (AvgIpc) is 3.23. The number of halogens is 3. The van der Waals surface area contributed by atoms with Crippen molar-refractivity contribution in [3.8, 4) is 0 Å². The Labute approximate surface area is 193 Å².